The SMILES string of the molecule is CC(=O)[C@H](Cc1ccccc1)NC(=O)[C@@H](NC(=O)OC(C)(C)C)C(C)C. The molecule has 0 bridgehead atoms. The van der Waals surface area contributed by atoms with E-state index in [9.17, 15) is 14.4 Å². The second kappa shape index (κ2) is 9.36. The van der Waals surface area contributed by atoms with Crippen LogP contribution in [0.3, 0.4) is 0 Å². The Bertz CT molecular complexity index is 620. The molecule has 144 valence electrons. The highest BCUT2D eigenvalue weighted by Crippen LogP contribution is 2.10. The highest BCUT2D eigenvalue weighted by Gasteiger charge is 2.29. The number of ketones is 1. The fourth-order valence-electron chi connectivity index (χ4n) is 2.38. The molecule has 6 heteroatoms. The Hall–Kier alpha value is -2.37. The summed E-state index contributed by atoms with van der Waals surface area (Å²) in [6.07, 6.45) is -0.257. The van der Waals surface area contributed by atoms with Gasteiger partial charge in [-0.15, -0.1) is 0 Å². The molecule has 0 unspecified atom stereocenters. The maximum absolute atomic E-state index is 12.7. The molecule has 0 saturated carbocycles. The lowest BCUT2D eigenvalue weighted by Crippen LogP contribution is -2.54. The minimum absolute atomic E-state index is 0.137. The number of amides is 2. The topological polar surface area (TPSA) is 84.5 Å². The number of ether oxygens (including phenoxy) is 1. The van der Waals surface area contributed by atoms with E-state index >= 15 is 0 Å². The predicted octanol–water partition coefficient (Wildman–Crippen LogP) is 2.85. The molecule has 0 aromatic heterocycles. The van der Waals surface area contributed by atoms with Gasteiger partial charge in [0.25, 0.3) is 0 Å². The number of hydrogen-bond acceptors (Lipinski definition) is 4. The first kappa shape index (κ1) is 21.7. The summed E-state index contributed by atoms with van der Waals surface area (Å²) >= 11 is 0. The maximum Gasteiger partial charge on any atom is 0.408 e. The molecule has 1 aromatic carbocycles. The number of carbonyl (C=O) groups excluding carboxylic acids is 3. The normalized spacial score (nSPS) is 13.7. The van der Waals surface area contributed by atoms with Crippen LogP contribution in [-0.2, 0) is 20.7 Å². The van der Waals surface area contributed by atoms with Crippen LogP contribution in [0.1, 0.15) is 47.1 Å². The summed E-state index contributed by atoms with van der Waals surface area (Å²) in [6, 6.07) is 8.03. The molecule has 2 atom stereocenters. The smallest absolute Gasteiger partial charge is 0.408 e. The molecule has 2 N–H and O–H groups in total. The molecule has 26 heavy (non-hydrogen) atoms. The van der Waals surface area contributed by atoms with Crippen LogP contribution in [0.2, 0.25) is 0 Å². The van der Waals surface area contributed by atoms with E-state index in [2.05, 4.69) is 10.6 Å². The number of rotatable bonds is 7. The fraction of sp³-hybridized carbons (Fsp3) is 0.550. The second-order valence-corrected chi connectivity index (χ2v) is 7.73. The van der Waals surface area contributed by atoms with E-state index in [-0.39, 0.29) is 11.7 Å². The van der Waals surface area contributed by atoms with Gasteiger partial charge in [-0.25, -0.2) is 4.79 Å². The summed E-state index contributed by atoms with van der Waals surface area (Å²) in [5.74, 6) is -0.698. The monoisotopic (exact) mass is 362 g/mol. The van der Waals surface area contributed by atoms with Crippen molar-refractivity contribution in [1.82, 2.24) is 10.6 Å². The van der Waals surface area contributed by atoms with Crippen molar-refractivity contribution in [3.05, 3.63) is 35.9 Å². The van der Waals surface area contributed by atoms with Gasteiger partial charge in [-0.1, -0.05) is 44.2 Å². The van der Waals surface area contributed by atoms with E-state index in [1.165, 1.54) is 6.92 Å². The molecule has 2 amide bonds. The van der Waals surface area contributed by atoms with Gasteiger partial charge in [0, 0.05) is 0 Å². The van der Waals surface area contributed by atoms with Crippen molar-refractivity contribution in [2.24, 2.45) is 5.92 Å². The first-order valence-electron chi connectivity index (χ1n) is 8.84. The molecule has 0 radical (unpaired) electrons. The molecule has 6 nitrogen and oxygen atoms in total. The number of carbonyl (C=O) groups is 3. The minimum Gasteiger partial charge on any atom is -0.444 e. The molecule has 1 aromatic rings. The van der Waals surface area contributed by atoms with Gasteiger partial charge in [-0.05, 0) is 45.6 Å². The summed E-state index contributed by atoms with van der Waals surface area (Å²) in [7, 11) is 0. The summed E-state index contributed by atoms with van der Waals surface area (Å²) in [4.78, 5) is 36.6. The van der Waals surface area contributed by atoms with Crippen LogP contribution < -0.4 is 10.6 Å². The summed E-state index contributed by atoms with van der Waals surface area (Å²) in [5, 5.41) is 5.35. The number of nitrogens with one attached hydrogen (secondary N) is 2. The van der Waals surface area contributed by atoms with Crippen molar-refractivity contribution in [2.45, 2.75) is 65.6 Å². The Kier molecular flexibility index (Phi) is 7.80. The van der Waals surface area contributed by atoms with Crippen LogP contribution in [0.25, 0.3) is 0 Å². The van der Waals surface area contributed by atoms with Crippen molar-refractivity contribution in [3.8, 4) is 0 Å². The van der Waals surface area contributed by atoms with Crippen LogP contribution >= 0.6 is 0 Å². The average molecular weight is 362 g/mol. The highest BCUT2D eigenvalue weighted by molar-refractivity contribution is 5.91. The molecular weight excluding hydrogens is 332 g/mol. The lowest BCUT2D eigenvalue weighted by atomic mass is 10.00. The van der Waals surface area contributed by atoms with Crippen LogP contribution in [0.5, 0.6) is 0 Å². The molecular formula is C20H30N2O4. The standard InChI is InChI=1S/C20H30N2O4/c1-13(2)17(22-19(25)26-20(4,5)6)18(24)21-16(14(3)23)12-15-10-8-7-9-11-15/h7-11,13,16-17H,12H2,1-6H3,(H,21,24)(H,22,25)/t16-,17-/m0/s1. The molecule has 0 aliphatic heterocycles. The van der Waals surface area contributed by atoms with E-state index in [0.29, 0.717) is 6.42 Å². The molecule has 1 rings (SSSR count). The molecule has 0 heterocycles. The summed E-state index contributed by atoms with van der Waals surface area (Å²) in [6.45, 7) is 10.3. The molecule has 0 spiro atoms. The number of hydrogen-bond donors (Lipinski definition) is 2. The van der Waals surface area contributed by atoms with Gasteiger partial charge in [0.15, 0.2) is 5.78 Å². The molecule has 0 saturated heterocycles. The Morgan fingerprint density at radius 1 is 1.04 bits per heavy atom. The van der Waals surface area contributed by atoms with Gasteiger partial charge < -0.3 is 15.4 Å². The summed E-state index contributed by atoms with van der Waals surface area (Å²) in [5.41, 5.74) is 0.298. The van der Waals surface area contributed by atoms with Crippen molar-refractivity contribution in [3.63, 3.8) is 0 Å². The quantitative estimate of drug-likeness (QED) is 0.781. The van der Waals surface area contributed by atoms with Gasteiger partial charge in [0.05, 0.1) is 6.04 Å². The van der Waals surface area contributed by atoms with E-state index in [4.69, 9.17) is 4.74 Å². The number of Topliss-reactive ketones (excluding diaryl/α,β-unsaturated/α-hetero) is 1. The van der Waals surface area contributed by atoms with Crippen LogP contribution in [0.15, 0.2) is 30.3 Å². The first-order chi connectivity index (χ1) is 12.0. The Morgan fingerprint density at radius 3 is 2.08 bits per heavy atom. The molecule has 0 fully saturated rings. The predicted molar refractivity (Wildman–Crippen MR) is 101 cm³/mol. The number of benzene rings is 1. The Balaban J connectivity index is 2.80. The van der Waals surface area contributed by atoms with Gasteiger partial charge >= 0.3 is 6.09 Å². The van der Waals surface area contributed by atoms with Crippen molar-refractivity contribution < 1.29 is 19.1 Å². The third-order valence-electron chi connectivity index (χ3n) is 3.71. The van der Waals surface area contributed by atoms with Gasteiger partial charge in [0.2, 0.25) is 5.91 Å². The third kappa shape index (κ3) is 7.68. The largest absolute Gasteiger partial charge is 0.444 e. The molecule has 0 aliphatic rings. The van der Waals surface area contributed by atoms with Gasteiger partial charge in [-0.2, -0.15) is 0 Å². The van der Waals surface area contributed by atoms with Crippen LogP contribution in [0.4, 0.5) is 4.79 Å². The zero-order valence-corrected chi connectivity index (χ0v) is 16.5. The van der Waals surface area contributed by atoms with E-state index in [1.54, 1.807) is 20.8 Å². The Morgan fingerprint density at radius 2 is 1.62 bits per heavy atom. The summed E-state index contributed by atoms with van der Waals surface area (Å²) < 4.78 is 5.22. The van der Waals surface area contributed by atoms with Gasteiger partial charge in [-0.3, -0.25) is 9.59 Å². The second-order valence-electron chi connectivity index (χ2n) is 7.73. The van der Waals surface area contributed by atoms with Gasteiger partial charge in [0.1, 0.15) is 11.6 Å². The van der Waals surface area contributed by atoms with E-state index in [1.807, 2.05) is 44.2 Å². The Labute approximate surface area is 155 Å². The van der Waals surface area contributed by atoms with Crippen LogP contribution in [0, 0.1) is 5.92 Å². The zero-order chi connectivity index (χ0) is 19.9. The third-order valence-corrected chi connectivity index (χ3v) is 3.71. The van der Waals surface area contributed by atoms with E-state index in [0.717, 1.165) is 5.56 Å². The van der Waals surface area contributed by atoms with Crippen molar-refractivity contribution in [2.75, 3.05) is 0 Å². The minimum atomic E-state index is -0.789. The van der Waals surface area contributed by atoms with Crippen LogP contribution in [-0.4, -0.2) is 35.5 Å². The number of alkyl carbamates (subject to hydrolysis) is 1. The highest BCUT2D eigenvalue weighted by atomic mass is 16.6. The van der Waals surface area contributed by atoms with Crippen molar-refractivity contribution >= 4 is 17.8 Å². The van der Waals surface area contributed by atoms with Crippen molar-refractivity contribution in [1.29, 1.82) is 0 Å². The average Bonchev–Trinajstić information content (AvgIpc) is 2.50. The maximum atomic E-state index is 12.7. The molecule has 0 aliphatic carbocycles. The zero-order valence-electron chi connectivity index (χ0n) is 16.5. The lowest BCUT2D eigenvalue weighted by molar-refractivity contribution is -0.128. The van der Waals surface area contributed by atoms with E-state index < -0.39 is 29.7 Å². The first-order valence-corrected chi connectivity index (χ1v) is 8.84. The fourth-order valence-corrected chi connectivity index (χ4v) is 2.38. The lowest BCUT2D eigenvalue weighted by Gasteiger charge is -2.26.